The Morgan fingerprint density at radius 3 is 1.93 bits per heavy atom. The van der Waals surface area contributed by atoms with Crippen LogP contribution in [0.3, 0.4) is 0 Å². The summed E-state index contributed by atoms with van der Waals surface area (Å²) in [6.07, 6.45) is -9.56. The summed E-state index contributed by atoms with van der Waals surface area (Å²) in [5.41, 5.74) is -5.68. The van der Waals surface area contributed by atoms with Crippen LogP contribution in [0.25, 0.3) is 0 Å². The van der Waals surface area contributed by atoms with Crippen LogP contribution < -0.4 is 4.74 Å². The molecule has 14 heteroatoms. The fourth-order valence-corrected chi connectivity index (χ4v) is 9.84. The zero-order valence-electron chi connectivity index (χ0n) is 29.2. The number of ketones is 1. The standard InChI is InChI=1S/C41H33F6NO6S/c1-37(2)34(39(52,26-14-8-4-9-15-26)53-23-24-12-6-3-7-13-24)48-35(51)38(36(48)55-37)30(18-19-31(38)33(50)54-29-16-10-5-11-17-29)32(49)25-20-27(40(42,43)44)22-28(21-25)41(45,46)47/h3-17,19-22,30,34,36,52H,18,23H2,1-2H3/t30?,34-,36-,38?,39?/m1/s1. The molecule has 1 aliphatic carbocycles. The van der Waals surface area contributed by atoms with Crippen molar-refractivity contribution < 1.29 is 55.3 Å². The summed E-state index contributed by atoms with van der Waals surface area (Å²) in [6, 6.07) is 24.5. The number of thioether (sulfide) groups is 1. The first-order valence-electron chi connectivity index (χ1n) is 17.2. The van der Waals surface area contributed by atoms with Crippen molar-refractivity contribution in [2.45, 2.75) is 61.2 Å². The van der Waals surface area contributed by atoms with Crippen molar-refractivity contribution in [1.29, 1.82) is 0 Å². The Bertz CT molecular complexity index is 2130. The maximum Gasteiger partial charge on any atom is 0.416 e. The number of allylic oxidation sites excluding steroid dienone is 1. The van der Waals surface area contributed by atoms with Crippen molar-refractivity contribution in [3.05, 3.63) is 149 Å². The maximum absolute atomic E-state index is 15.1. The summed E-state index contributed by atoms with van der Waals surface area (Å²) in [5.74, 6) is -6.75. The number of carbonyl (C=O) groups excluding carboxylic acids is 3. The molecule has 0 bridgehead atoms. The molecule has 55 heavy (non-hydrogen) atoms. The minimum Gasteiger partial charge on any atom is -0.423 e. The highest BCUT2D eigenvalue weighted by atomic mass is 32.2. The highest BCUT2D eigenvalue weighted by Gasteiger charge is 2.79. The molecule has 1 spiro atoms. The average molecular weight is 782 g/mol. The number of ether oxygens (including phenoxy) is 2. The molecule has 2 aliphatic heterocycles. The van der Waals surface area contributed by atoms with E-state index in [9.17, 15) is 41.0 Å². The third-order valence-electron chi connectivity index (χ3n) is 10.4. The molecule has 7 nitrogen and oxygen atoms in total. The molecule has 1 N–H and O–H groups in total. The number of fused-ring (bicyclic) bond motifs is 2. The quantitative estimate of drug-likeness (QED) is 0.0455. The number of hydrogen-bond acceptors (Lipinski definition) is 7. The zero-order valence-corrected chi connectivity index (χ0v) is 30.0. The van der Waals surface area contributed by atoms with Crippen LogP contribution in [0.2, 0.25) is 0 Å². The summed E-state index contributed by atoms with van der Waals surface area (Å²) in [7, 11) is 0. The first kappa shape index (κ1) is 38.4. The fraction of sp³-hybridized carbons (Fsp3) is 0.293. The van der Waals surface area contributed by atoms with Crippen LogP contribution in [-0.4, -0.2) is 43.8 Å². The number of aliphatic hydroxyl groups is 1. The molecule has 4 aromatic rings. The molecule has 2 heterocycles. The van der Waals surface area contributed by atoms with Gasteiger partial charge in [-0.2, -0.15) is 26.3 Å². The van der Waals surface area contributed by atoms with Crippen LogP contribution in [-0.2, 0) is 39.1 Å². The van der Waals surface area contributed by atoms with Crippen LogP contribution >= 0.6 is 11.8 Å². The number of halogens is 6. The van der Waals surface area contributed by atoms with Gasteiger partial charge in [0.2, 0.25) is 11.7 Å². The number of carbonyl (C=O) groups is 3. The van der Waals surface area contributed by atoms with Gasteiger partial charge < -0.3 is 19.5 Å². The van der Waals surface area contributed by atoms with Gasteiger partial charge in [-0.15, -0.1) is 11.8 Å². The van der Waals surface area contributed by atoms with E-state index < -0.39 is 80.0 Å². The maximum atomic E-state index is 15.1. The molecule has 286 valence electrons. The van der Waals surface area contributed by atoms with Gasteiger partial charge in [0.25, 0.3) is 0 Å². The monoisotopic (exact) mass is 781 g/mol. The Morgan fingerprint density at radius 2 is 1.36 bits per heavy atom. The average Bonchev–Trinajstić information content (AvgIpc) is 3.69. The van der Waals surface area contributed by atoms with E-state index in [1.807, 2.05) is 6.07 Å². The third-order valence-corrected chi connectivity index (χ3v) is 12.0. The highest BCUT2D eigenvalue weighted by molar-refractivity contribution is 8.01. The molecular formula is C41H33F6NO6S. The Morgan fingerprint density at radius 1 is 0.818 bits per heavy atom. The molecule has 0 saturated carbocycles. The number of para-hydroxylation sites is 1. The number of β-lactam (4-membered cyclic amide) rings is 1. The lowest BCUT2D eigenvalue weighted by Gasteiger charge is -2.57. The van der Waals surface area contributed by atoms with Crippen molar-refractivity contribution in [3.63, 3.8) is 0 Å². The smallest absolute Gasteiger partial charge is 0.416 e. The third kappa shape index (κ3) is 6.53. The second-order valence-electron chi connectivity index (χ2n) is 14.2. The Hall–Kier alpha value is -4.92. The van der Waals surface area contributed by atoms with Crippen LogP contribution in [0.1, 0.15) is 52.9 Å². The molecule has 2 fully saturated rings. The van der Waals surface area contributed by atoms with Gasteiger partial charge in [0.15, 0.2) is 5.78 Å². The predicted molar refractivity (Wildman–Crippen MR) is 189 cm³/mol. The first-order chi connectivity index (χ1) is 25.9. The second-order valence-corrected chi connectivity index (χ2v) is 15.9. The van der Waals surface area contributed by atoms with E-state index in [0.717, 1.165) is 11.8 Å². The van der Waals surface area contributed by atoms with Gasteiger partial charge in [0.05, 0.1) is 28.7 Å². The van der Waals surface area contributed by atoms with E-state index in [0.29, 0.717) is 23.3 Å². The highest BCUT2D eigenvalue weighted by Crippen LogP contribution is 2.68. The van der Waals surface area contributed by atoms with Crippen molar-refractivity contribution in [2.75, 3.05) is 0 Å². The molecule has 0 aromatic heterocycles. The van der Waals surface area contributed by atoms with Crippen LogP contribution in [0.5, 0.6) is 5.75 Å². The Balaban J connectivity index is 1.34. The van der Waals surface area contributed by atoms with E-state index in [4.69, 9.17) is 9.47 Å². The van der Waals surface area contributed by atoms with Crippen molar-refractivity contribution in [2.24, 2.45) is 11.3 Å². The SMILES string of the molecule is CC1(C)S[C@H]2N(C(=O)C23C(C(=O)Oc2ccccc2)=CCC3C(=O)c2cc(C(F)(F)F)cc(C(F)(F)F)c2)[C@H]1C(O)(OCc1ccccc1)c1ccccc1. The van der Waals surface area contributed by atoms with Crippen LogP contribution in [0, 0.1) is 11.3 Å². The number of amides is 1. The first-order valence-corrected chi connectivity index (χ1v) is 18.0. The van der Waals surface area contributed by atoms with E-state index in [-0.39, 0.29) is 30.4 Å². The summed E-state index contributed by atoms with van der Waals surface area (Å²) < 4.78 is 94.4. The lowest BCUT2D eigenvalue weighted by Crippen LogP contribution is -2.74. The molecular weight excluding hydrogens is 749 g/mol. The van der Waals surface area contributed by atoms with Gasteiger partial charge in [0, 0.05) is 21.8 Å². The molecule has 0 radical (unpaired) electrons. The Labute approximate surface area is 315 Å². The summed E-state index contributed by atoms with van der Waals surface area (Å²) >= 11 is 1.13. The number of benzene rings is 4. The van der Waals surface area contributed by atoms with E-state index in [1.54, 1.807) is 86.6 Å². The van der Waals surface area contributed by atoms with Gasteiger partial charge in [-0.05, 0) is 56.2 Å². The van der Waals surface area contributed by atoms with E-state index in [1.165, 1.54) is 23.1 Å². The number of alkyl halides is 6. The van der Waals surface area contributed by atoms with Gasteiger partial charge >= 0.3 is 18.3 Å². The minimum atomic E-state index is -5.24. The minimum absolute atomic E-state index is 0.0852. The van der Waals surface area contributed by atoms with Crippen LogP contribution in [0.15, 0.2) is 121 Å². The van der Waals surface area contributed by atoms with Gasteiger partial charge in [-0.25, -0.2) is 4.79 Å². The molecule has 5 atom stereocenters. The lowest BCUT2D eigenvalue weighted by atomic mass is 9.63. The largest absolute Gasteiger partial charge is 0.423 e. The number of rotatable bonds is 9. The van der Waals surface area contributed by atoms with Crippen molar-refractivity contribution in [3.8, 4) is 5.75 Å². The molecule has 2 saturated heterocycles. The summed E-state index contributed by atoms with van der Waals surface area (Å²) in [4.78, 5) is 44.8. The topological polar surface area (TPSA) is 93.1 Å². The molecule has 3 unspecified atom stereocenters. The van der Waals surface area contributed by atoms with Crippen LogP contribution in [0.4, 0.5) is 26.3 Å². The van der Waals surface area contributed by atoms with Crippen molar-refractivity contribution in [1.82, 2.24) is 4.90 Å². The number of hydrogen-bond donors (Lipinski definition) is 1. The van der Waals surface area contributed by atoms with E-state index >= 15 is 4.79 Å². The molecule has 1 amide bonds. The van der Waals surface area contributed by atoms with Gasteiger partial charge in [-0.3, -0.25) is 9.59 Å². The molecule has 7 rings (SSSR count). The molecule has 4 aromatic carbocycles. The second kappa shape index (κ2) is 13.7. The lowest BCUT2D eigenvalue weighted by molar-refractivity contribution is -0.269. The van der Waals surface area contributed by atoms with Crippen molar-refractivity contribution >= 4 is 29.4 Å². The summed E-state index contributed by atoms with van der Waals surface area (Å²) in [6.45, 7) is 3.39. The number of Topliss-reactive ketones (excluding diaryl/α,β-unsaturated/α-hetero) is 1. The predicted octanol–water partition coefficient (Wildman–Crippen LogP) is 8.57. The summed E-state index contributed by atoms with van der Waals surface area (Å²) in [5, 5.41) is 11.6. The Kier molecular flexibility index (Phi) is 9.54. The number of esters is 1. The van der Waals surface area contributed by atoms with Gasteiger partial charge in [0.1, 0.15) is 17.2 Å². The van der Waals surface area contributed by atoms with Gasteiger partial charge in [-0.1, -0.05) is 84.9 Å². The van der Waals surface area contributed by atoms with E-state index in [2.05, 4.69) is 0 Å². The zero-order chi connectivity index (χ0) is 39.6. The molecule has 3 aliphatic rings. The number of nitrogens with zero attached hydrogens (tertiary/aromatic N) is 1. The normalized spacial score (nSPS) is 24.2. The fourth-order valence-electron chi connectivity index (χ4n) is 7.96.